The van der Waals surface area contributed by atoms with Crippen molar-refractivity contribution in [1.82, 2.24) is 15.2 Å². The second-order valence-corrected chi connectivity index (χ2v) is 6.53. The van der Waals surface area contributed by atoms with E-state index < -0.39 is 0 Å². The number of nitrogens with one attached hydrogen (secondary N) is 1. The van der Waals surface area contributed by atoms with Crippen LogP contribution in [0.1, 0.15) is 6.42 Å². The van der Waals surface area contributed by atoms with E-state index in [2.05, 4.69) is 21.3 Å². The van der Waals surface area contributed by atoms with Crippen LogP contribution in [0.3, 0.4) is 0 Å². The van der Waals surface area contributed by atoms with Gasteiger partial charge in [-0.3, -0.25) is 0 Å². The van der Waals surface area contributed by atoms with Gasteiger partial charge in [0.2, 0.25) is 0 Å². The second kappa shape index (κ2) is 7.61. The first-order valence-corrected chi connectivity index (χ1v) is 8.72. The number of urea groups is 1. The van der Waals surface area contributed by atoms with Crippen molar-refractivity contribution in [2.45, 2.75) is 6.42 Å². The predicted molar refractivity (Wildman–Crippen MR) is 93.3 cm³/mol. The molecule has 1 saturated heterocycles. The Hall–Kier alpha value is -1.86. The first-order valence-electron chi connectivity index (χ1n) is 7.90. The summed E-state index contributed by atoms with van der Waals surface area (Å²) in [6, 6.07) is 8.21. The van der Waals surface area contributed by atoms with Gasteiger partial charge in [-0.05, 0) is 18.6 Å². The quantitative estimate of drug-likeness (QED) is 0.852. The smallest absolute Gasteiger partial charge is 0.317 e. The van der Waals surface area contributed by atoms with Crippen LogP contribution in [0.4, 0.5) is 9.93 Å². The molecule has 0 spiro atoms. The molecule has 0 atom stereocenters. The fraction of sp³-hybridized carbons (Fsp3) is 0.500. The number of carbonyl (C=O) groups excluding carboxylic acids is 1. The molecule has 0 bridgehead atoms. The van der Waals surface area contributed by atoms with Gasteiger partial charge in [-0.15, -0.1) is 0 Å². The number of nitrogens with zero attached hydrogens (tertiary/aromatic N) is 3. The zero-order valence-electron chi connectivity index (χ0n) is 13.3. The van der Waals surface area contributed by atoms with Gasteiger partial charge >= 0.3 is 6.03 Å². The van der Waals surface area contributed by atoms with Crippen molar-refractivity contribution in [2.75, 3.05) is 51.3 Å². The van der Waals surface area contributed by atoms with Crippen LogP contribution in [0, 0.1) is 0 Å². The third-order valence-corrected chi connectivity index (χ3v) is 5.02. The Morgan fingerprint density at radius 1 is 1.30 bits per heavy atom. The van der Waals surface area contributed by atoms with E-state index in [4.69, 9.17) is 4.74 Å². The molecule has 124 valence electrons. The number of amides is 2. The molecule has 6 nitrogen and oxygen atoms in total. The molecule has 2 heterocycles. The number of benzene rings is 1. The first kappa shape index (κ1) is 16.0. The summed E-state index contributed by atoms with van der Waals surface area (Å²) < 4.78 is 6.19. The molecule has 1 N–H and O–H groups in total. The van der Waals surface area contributed by atoms with E-state index in [1.807, 2.05) is 23.1 Å². The molecule has 3 rings (SSSR count). The van der Waals surface area contributed by atoms with E-state index in [1.165, 1.54) is 4.70 Å². The number of para-hydroxylation sites is 1. The molecule has 2 amide bonds. The summed E-state index contributed by atoms with van der Waals surface area (Å²) in [5.41, 5.74) is 1.05. The van der Waals surface area contributed by atoms with Gasteiger partial charge in [0.1, 0.15) is 0 Å². The van der Waals surface area contributed by atoms with Crippen LogP contribution in [-0.4, -0.2) is 62.4 Å². The number of anilines is 1. The maximum atomic E-state index is 12.1. The van der Waals surface area contributed by atoms with Crippen molar-refractivity contribution < 1.29 is 9.53 Å². The maximum Gasteiger partial charge on any atom is 0.317 e. The zero-order valence-corrected chi connectivity index (χ0v) is 14.1. The molecule has 1 aliphatic heterocycles. The molecule has 1 aromatic heterocycles. The number of methoxy groups -OCH3 is 1. The normalized spacial score (nSPS) is 15.2. The van der Waals surface area contributed by atoms with Crippen molar-refractivity contribution in [3.63, 3.8) is 0 Å². The first-order chi connectivity index (χ1) is 11.3. The van der Waals surface area contributed by atoms with Crippen LogP contribution >= 0.6 is 11.3 Å². The molecular formula is C16H22N4O2S. The van der Waals surface area contributed by atoms with Crippen molar-refractivity contribution in [3.8, 4) is 0 Å². The fourth-order valence-electron chi connectivity index (χ4n) is 2.62. The van der Waals surface area contributed by atoms with Gasteiger partial charge in [-0.1, -0.05) is 23.5 Å². The van der Waals surface area contributed by atoms with Crippen molar-refractivity contribution in [2.24, 2.45) is 0 Å². The molecule has 1 aromatic carbocycles. The standard InChI is InChI=1S/C16H22N4O2S/c1-22-12-4-7-17-15(21)19-8-10-20(11-9-19)16-18-13-5-2-3-6-14(13)23-16/h2-3,5-6H,4,7-12H2,1H3,(H,17,21). The number of piperazine rings is 1. The van der Waals surface area contributed by atoms with E-state index in [9.17, 15) is 4.79 Å². The van der Waals surface area contributed by atoms with E-state index in [0.717, 1.165) is 43.2 Å². The summed E-state index contributed by atoms with van der Waals surface area (Å²) in [5, 5.41) is 3.99. The van der Waals surface area contributed by atoms with Crippen molar-refractivity contribution in [1.29, 1.82) is 0 Å². The highest BCUT2D eigenvalue weighted by atomic mass is 32.1. The minimum atomic E-state index is 0.0186. The Bertz CT molecular complexity index is 619. The largest absolute Gasteiger partial charge is 0.385 e. The highest BCUT2D eigenvalue weighted by molar-refractivity contribution is 7.22. The lowest BCUT2D eigenvalue weighted by Gasteiger charge is -2.34. The van der Waals surface area contributed by atoms with E-state index in [1.54, 1.807) is 18.4 Å². The molecule has 0 radical (unpaired) electrons. The summed E-state index contributed by atoms with van der Waals surface area (Å²) in [6.45, 7) is 4.44. The van der Waals surface area contributed by atoms with Gasteiger partial charge in [0, 0.05) is 46.4 Å². The zero-order chi connectivity index (χ0) is 16.1. The lowest BCUT2D eigenvalue weighted by Crippen LogP contribution is -2.52. The van der Waals surface area contributed by atoms with E-state index in [0.29, 0.717) is 13.2 Å². The van der Waals surface area contributed by atoms with Crippen LogP contribution in [0.25, 0.3) is 10.2 Å². The van der Waals surface area contributed by atoms with Crippen LogP contribution in [0.2, 0.25) is 0 Å². The number of thiazole rings is 1. The predicted octanol–water partition coefficient (Wildman–Crippen LogP) is 2.16. The van der Waals surface area contributed by atoms with Gasteiger partial charge in [0.25, 0.3) is 0 Å². The lowest BCUT2D eigenvalue weighted by atomic mass is 10.3. The molecule has 23 heavy (non-hydrogen) atoms. The Morgan fingerprint density at radius 2 is 2.09 bits per heavy atom. The van der Waals surface area contributed by atoms with E-state index in [-0.39, 0.29) is 6.03 Å². The van der Waals surface area contributed by atoms with Gasteiger partial charge in [-0.2, -0.15) is 0 Å². The fourth-order valence-corrected chi connectivity index (χ4v) is 3.64. The Balaban J connectivity index is 1.50. The number of ether oxygens (including phenoxy) is 1. The second-order valence-electron chi connectivity index (χ2n) is 5.52. The van der Waals surface area contributed by atoms with Gasteiger partial charge in [0.05, 0.1) is 10.2 Å². The SMILES string of the molecule is COCCCNC(=O)N1CCN(c2nc3ccccc3s2)CC1. The molecule has 1 aliphatic rings. The summed E-state index contributed by atoms with van der Waals surface area (Å²) in [5.74, 6) is 0. The molecule has 0 aliphatic carbocycles. The number of hydrogen-bond donors (Lipinski definition) is 1. The average Bonchev–Trinajstić information content (AvgIpc) is 3.03. The molecule has 2 aromatic rings. The lowest BCUT2D eigenvalue weighted by molar-refractivity contribution is 0.183. The summed E-state index contributed by atoms with van der Waals surface area (Å²) in [4.78, 5) is 20.9. The van der Waals surface area contributed by atoms with Crippen molar-refractivity contribution in [3.05, 3.63) is 24.3 Å². The highest BCUT2D eigenvalue weighted by Crippen LogP contribution is 2.29. The minimum Gasteiger partial charge on any atom is -0.385 e. The molecule has 0 saturated carbocycles. The number of carbonyl (C=O) groups is 1. The number of hydrogen-bond acceptors (Lipinski definition) is 5. The number of rotatable bonds is 5. The van der Waals surface area contributed by atoms with Crippen LogP contribution in [-0.2, 0) is 4.74 Å². The summed E-state index contributed by atoms with van der Waals surface area (Å²) >= 11 is 1.71. The monoisotopic (exact) mass is 334 g/mol. The third-order valence-electron chi connectivity index (χ3n) is 3.92. The number of fused-ring (bicyclic) bond motifs is 1. The van der Waals surface area contributed by atoms with Crippen LogP contribution in [0.5, 0.6) is 0 Å². The van der Waals surface area contributed by atoms with Crippen LogP contribution in [0.15, 0.2) is 24.3 Å². The maximum absolute atomic E-state index is 12.1. The van der Waals surface area contributed by atoms with Gasteiger partial charge < -0.3 is 19.9 Å². The summed E-state index contributed by atoms with van der Waals surface area (Å²) in [7, 11) is 1.67. The molecule has 7 heteroatoms. The third kappa shape index (κ3) is 3.92. The molecular weight excluding hydrogens is 312 g/mol. The van der Waals surface area contributed by atoms with Crippen molar-refractivity contribution >= 4 is 32.7 Å². The van der Waals surface area contributed by atoms with Gasteiger partial charge in [0.15, 0.2) is 5.13 Å². The topological polar surface area (TPSA) is 57.7 Å². The summed E-state index contributed by atoms with van der Waals surface area (Å²) in [6.07, 6.45) is 0.841. The molecule has 0 unspecified atom stereocenters. The number of aromatic nitrogens is 1. The van der Waals surface area contributed by atoms with E-state index >= 15 is 0 Å². The van der Waals surface area contributed by atoms with Gasteiger partial charge in [-0.25, -0.2) is 9.78 Å². The highest BCUT2D eigenvalue weighted by Gasteiger charge is 2.22. The Labute approximate surface area is 140 Å². The Kier molecular flexibility index (Phi) is 5.30. The minimum absolute atomic E-state index is 0.0186. The molecule has 1 fully saturated rings. The average molecular weight is 334 g/mol. The Morgan fingerprint density at radius 3 is 2.83 bits per heavy atom. The van der Waals surface area contributed by atoms with Crippen LogP contribution < -0.4 is 10.2 Å².